The van der Waals surface area contributed by atoms with Crippen molar-refractivity contribution in [3.8, 4) is 0 Å². The van der Waals surface area contributed by atoms with Gasteiger partial charge in [-0.25, -0.2) is 0 Å². The summed E-state index contributed by atoms with van der Waals surface area (Å²) in [5.74, 6) is 0. The second-order valence-electron chi connectivity index (χ2n) is 4.80. The quantitative estimate of drug-likeness (QED) is 0.759. The minimum absolute atomic E-state index is 0.440. The highest BCUT2D eigenvalue weighted by Gasteiger charge is 2.40. The van der Waals surface area contributed by atoms with Gasteiger partial charge in [0, 0.05) is 18.3 Å². The van der Waals surface area contributed by atoms with E-state index in [-0.39, 0.29) is 0 Å². The lowest BCUT2D eigenvalue weighted by Crippen LogP contribution is -2.37. The van der Waals surface area contributed by atoms with E-state index in [4.69, 9.17) is 10.5 Å². The van der Waals surface area contributed by atoms with E-state index in [1.165, 1.54) is 18.4 Å². The second kappa shape index (κ2) is 4.07. The Labute approximate surface area is 96.0 Å². The number of hydrogen-bond donors (Lipinski definition) is 2. The third-order valence-electron chi connectivity index (χ3n) is 3.72. The van der Waals surface area contributed by atoms with Crippen molar-refractivity contribution in [3.05, 3.63) is 29.8 Å². The monoisotopic (exact) mass is 218 g/mol. The molecule has 0 aromatic heterocycles. The third kappa shape index (κ3) is 1.81. The van der Waals surface area contributed by atoms with E-state index < -0.39 is 0 Å². The molecule has 2 bridgehead atoms. The number of fused-ring (bicyclic) bond motifs is 2. The van der Waals surface area contributed by atoms with Crippen molar-refractivity contribution in [2.24, 2.45) is 0 Å². The third-order valence-corrected chi connectivity index (χ3v) is 3.72. The number of hydrogen-bond acceptors (Lipinski definition) is 3. The standard InChI is InChI=1S/C13H18N2O/c14-11-4-2-1-3-9(11)8-15-12-7-10-5-6-13(12)16-10/h1-4,10,12-13,15H,5-8,14H2. The minimum atomic E-state index is 0.440. The van der Waals surface area contributed by atoms with Gasteiger partial charge in [-0.3, -0.25) is 0 Å². The minimum Gasteiger partial charge on any atom is -0.398 e. The lowest BCUT2D eigenvalue weighted by molar-refractivity contribution is 0.0973. The van der Waals surface area contributed by atoms with Crippen LogP contribution in [-0.4, -0.2) is 18.2 Å². The molecule has 16 heavy (non-hydrogen) atoms. The van der Waals surface area contributed by atoms with Gasteiger partial charge in [0.1, 0.15) is 0 Å². The van der Waals surface area contributed by atoms with Crippen LogP contribution >= 0.6 is 0 Å². The fourth-order valence-corrected chi connectivity index (χ4v) is 2.79. The van der Waals surface area contributed by atoms with Crippen LogP contribution in [0.1, 0.15) is 24.8 Å². The first-order valence-electron chi connectivity index (χ1n) is 6.05. The Balaban J connectivity index is 1.59. The van der Waals surface area contributed by atoms with Crippen molar-refractivity contribution in [2.75, 3.05) is 5.73 Å². The Hall–Kier alpha value is -1.06. The maximum Gasteiger partial charge on any atom is 0.0733 e. The Morgan fingerprint density at radius 1 is 1.31 bits per heavy atom. The van der Waals surface area contributed by atoms with Gasteiger partial charge in [0.2, 0.25) is 0 Å². The molecule has 3 unspecified atom stereocenters. The molecule has 2 aliphatic heterocycles. The zero-order valence-corrected chi connectivity index (χ0v) is 9.36. The molecule has 86 valence electrons. The van der Waals surface area contributed by atoms with Crippen molar-refractivity contribution >= 4 is 5.69 Å². The molecule has 2 fully saturated rings. The van der Waals surface area contributed by atoms with Gasteiger partial charge in [-0.05, 0) is 30.9 Å². The number of nitrogens with one attached hydrogen (secondary N) is 1. The van der Waals surface area contributed by atoms with Gasteiger partial charge in [-0.1, -0.05) is 18.2 Å². The summed E-state index contributed by atoms with van der Waals surface area (Å²) in [6, 6.07) is 8.56. The van der Waals surface area contributed by atoms with Crippen LogP contribution in [0.3, 0.4) is 0 Å². The van der Waals surface area contributed by atoms with E-state index in [0.29, 0.717) is 18.2 Å². The molecular formula is C13H18N2O. The summed E-state index contributed by atoms with van der Waals surface area (Å²) in [5.41, 5.74) is 7.97. The number of ether oxygens (including phenoxy) is 1. The SMILES string of the molecule is Nc1ccccc1CNC1CC2CCC1O2. The molecule has 0 aliphatic carbocycles. The van der Waals surface area contributed by atoms with Crippen LogP contribution in [0, 0.1) is 0 Å². The highest BCUT2D eigenvalue weighted by molar-refractivity contribution is 5.46. The summed E-state index contributed by atoms with van der Waals surface area (Å²) in [6.07, 6.45) is 4.57. The van der Waals surface area contributed by atoms with Crippen LogP contribution in [0.25, 0.3) is 0 Å². The Kier molecular flexibility index (Phi) is 2.58. The molecule has 2 heterocycles. The summed E-state index contributed by atoms with van der Waals surface area (Å²) in [5, 5.41) is 3.57. The molecule has 3 N–H and O–H groups in total. The molecule has 0 radical (unpaired) electrons. The largest absolute Gasteiger partial charge is 0.398 e. The molecule has 3 nitrogen and oxygen atoms in total. The summed E-state index contributed by atoms with van der Waals surface area (Å²) >= 11 is 0. The number of rotatable bonds is 3. The molecule has 0 amide bonds. The highest BCUT2D eigenvalue weighted by Crippen LogP contribution is 2.34. The van der Waals surface area contributed by atoms with Crippen molar-refractivity contribution in [1.82, 2.24) is 5.32 Å². The molecular weight excluding hydrogens is 200 g/mol. The predicted molar refractivity (Wildman–Crippen MR) is 64.0 cm³/mol. The van der Waals surface area contributed by atoms with E-state index >= 15 is 0 Å². The van der Waals surface area contributed by atoms with Gasteiger partial charge in [0.05, 0.1) is 12.2 Å². The molecule has 3 heteroatoms. The highest BCUT2D eigenvalue weighted by atomic mass is 16.5. The number of benzene rings is 1. The molecule has 3 atom stereocenters. The normalized spacial score (nSPS) is 32.1. The average molecular weight is 218 g/mol. The van der Waals surface area contributed by atoms with Crippen LogP contribution in [0.2, 0.25) is 0 Å². The van der Waals surface area contributed by atoms with Gasteiger partial charge in [0.15, 0.2) is 0 Å². The molecule has 0 saturated carbocycles. The number of para-hydroxylation sites is 1. The zero-order valence-electron chi connectivity index (χ0n) is 9.36. The van der Waals surface area contributed by atoms with Crippen molar-refractivity contribution < 1.29 is 4.74 Å². The van der Waals surface area contributed by atoms with Crippen molar-refractivity contribution in [2.45, 2.75) is 44.1 Å². The van der Waals surface area contributed by atoms with E-state index in [0.717, 1.165) is 18.7 Å². The van der Waals surface area contributed by atoms with Crippen LogP contribution in [0.15, 0.2) is 24.3 Å². The van der Waals surface area contributed by atoms with Crippen LogP contribution < -0.4 is 11.1 Å². The van der Waals surface area contributed by atoms with Crippen molar-refractivity contribution in [1.29, 1.82) is 0 Å². The van der Waals surface area contributed by atoms with Crippen LogP contribution in [-0.2, 0) is 11.3 Å². The van der Waals surface area contributed by atoms with Gasteiger partial charge in [-0.2, -0.15) is 0 Å². The van der Waals surface area contributed by atoms with E-state index in [9.17, 15) is 0 Å². The van der Waals surface area contributed by atoms with Crippen molar-refractivity contribution in [3.63, 3.8) is 0 Å². The Morgan fingerprint density at radius 2 is 2.19 bits per heavy atom. The second-order valence-corrected chi connectivity index (χ2v) is 4.80. The molecule has 0 spiro atoms. The van der Waals surface area contributed by atoms with E-state index in [2.05, 4.69) is 11.4 Å². The molecule has 2 aliphatic rings. The zero-order chi connectivity index (χ0) is 11.0. The number of nitrogen functional groups attached to an aromatic ring is 1. The molecule has 1 aromatic rings. The summed E-state index contributed by atoms with van der Waals surface area (Å²) in [4.78, 5) is 0. The first-order valence-corrected chi connectivity index (χ1v) is 6.05. The van der Waals surface area contributed by atoms with Crippen LogP contribution in [0.4, 0.5) is 5.69 Å². The topological polar surface area (TPSA) is 47.3 Å². The van der Waals surface area contributed by atoms with Gasteiger partial charge in [-0.15, -0.1) is 0 Å². The van der Waals surface area contributed by atoms with E-state index in [1.54, 1.807) is 0 Å². The number of anilines is 1. The average Bonchev–Trinajstić information content (AvgIpc) is 2.90. The van der Waals surface area contributed by atoms with Crippen LogP contribution in [0.5, 0.6) is 0 Å². The first kappa shape index (κ1) is 10.1. The smallest absolute Gasteiger partial charge is 0.0733 e. The molecule has 2 saturated heterocycles. The maximum absolute atomic E-state index is 5.91. The number of nitrogens with two attached hydrogens (primary N) is 1. The summed E-state index contributed by atoms with van der Waals surface area (Å²) in [6.45, 7) is 0.851. The summed E-state index contributed by atoms with van der Waals surface area (Å²) in [7, 11) is 0. The first-order chi connectivity index (χ1) is 7.83. The lowest BCUT2D eigenvalue weighted by atomic mass is 9.95. The maximum atomic E-state index is 5.91. The van der Waals surface area contributed by atoms with E-state index in [1.807, 2.05) is 18.2 Å². The lowest BCUT2D eigenvalue weighted by Gasteiger charge is -2.20. The fourth-order valence-electron chi connectivity index (χ4n) is 2.79. The van der Waals surface area contributed by atoms with Gasteiger partial charge in [0.25, 0.3) is 0 Å². The molecule has 3 rings (SSSR count). The Bertz CT molecular complexity index is 380. The van der Waals surface area contributed by atoms with Gasteiger partial charge < -0.3 is 15.8 Å². The predicted octanol–water partition coefficient (Wildman–Crippen LogP) is 1.68. The molecule has 1 aromatic carbocycles. The Morgan fingerprint density at radius 3 is 2.88 bits per heavy atom. The summed E-state index contributed by atoms with van der Waals surface area (Å²) < 4.78 is 5.81. The fraction of sp³-hybridized carbons (Fsp3) is 0.538. The van der Waals surface area contributed by atoms with Gasteiger partial charge >= 0.3 is 0 Å².